The van der Waals surface area contributed by atoms with E-state index in [9.17, 15) is 15.0 Å². The van der Waals surface area contributed by atoms with E-state index in [0.29, 0.717) is 6.42 Å². The summed E-state index contributed by atoms with van der Waals surface area (Å²) in [5.41, 5.74) is 0.218. The van der Waals surface area contributed by atoms with Gasteiger partial charge in [-0.3, -0.25) is 4.79 Å². The highest BCUT2D eigenvalue weighted by molar-refractivity contribution is 5.99. The maximum Gasteiger partial charge on any atom is 0.168 e. The smallest absolute Gasteiger partial charge is 0.168 e. The summed E-state index contributed by atoms with van der Waals surface area (Å²) in [6.07, 6.45) is 23.2. The van der Waals surface area contributed by atoms with Gasteiger partial charge in [0, 0.05) is 6.42 Å². The van der Waals surface area contributed by atoms with Crippen LogP contribution in [-0.2, 0) is 0 Å². The zero-order valence-corrected chi connectivity index (χ0v) is 16.6. The standard InChI is InChI=1S/C24H34O3/c1-2-3-4-5-6-7-8-9-10-11-12-13-14-15-16-19-22(25)21-18-17-20-23(26)24(21)27/h3-4,6-7,9-10,17-18,20,26-27H,2,5,8,11-16,19H2,1H3/b4-3-,7-6-,10-9-. The molecule has 0 unspecified atom stereocenters. The Morgan fingerprint density at radius 3 is 2.22 bits per heavy atom. The average molecular weight is 371 g/mol. The zero-order chi connectivity index (χ0) is 19.7. The van der Waals surface area contributed by atoms with E-state index in [1.54, 1.807) is 12.1 Å². The third kappa shape index (κ3) is 10.4. The molecule has 1 rings (SSSR count). The van der Waals surface area contributed by atoms with Gasteiger partial charge in [-0.15, -0.1) is 0 Å². The maximum absolute atomic E-state index is 12.1. The highest BCUT2D eigenvalue weighted by atomic mass is 16.3. The van der Waals surface area contributed by atoms with Crippen LogP contribution < -0.4 is 0 Å². The van der Waals surface area contributed by atoms with E-state index in [4.69, 9.17) is 0 Å². The molecule has 3 nitrogen and oxygen atoms in total. The van der Waals surface area contributed by atoms with Crippen LogP contribution in [0.25, 0.3) is 0 Å². The van der Waals surface area contributed by atoms with Crippen LogP contribution in [0, 0.1) is 0 Å². The monoisotopic (exact) mass is 370 g/mol. The lowest BCUT2D eigenvalue weighted by Gasteiger charge is -2.05. The molecule has 0 saturated heterocycles. The number of allylic oxidation sites excluding steroid dienone is 6. The van der Waals surface area contributed by atoms with Crippen LogP contribution in [0.1, 0.15) is 81.5 Å². The molecule has 0 aliphatic carbocycles. The summed E-state index contributed by atoms with van der Waals surface area (Å²) in [4.78, 5) is 12.1. The van der Waals surface area contributed by atoms with Crippen molar-refractivity contribution in [2.45, 2.75) is 71.1 Å². The van der Waals surface area contributed by atoms with Gasteiger partial charge in [0.15, 0.2) is 17.3 Å². The van der Waals surface area contributed by atoms with Gasteiger partial charge in [0.25, 0.3) is 0 Å². The predicted octanol–water partition coefficient (Wildman–Crippen LogP) is 6.87. The Hall–Kier alpha value is -2.29. The fraction of sp³-hybridized carbons (Fsp3) is 0.458. The number of hydrogen-bond donors (Lipinski definition) is 2. The van der Waals surface area contributed by atoms with Crippen LogP contribution in [0.3, 0.4) is 0 Å². The molecule has 1 aromatic rings. The lowest BCUT2D eigenvalue weighted by atomic mass is 10.0. The fourth-order valence-corrected chi connectivity index (χ4v) is 2.80. The summed E-state index contributed by atoms with van der Waals surface area (Å²) in [6, 6.07) is 4.51. The molecule has 0 heterocycles. The van der Waals surface area contributed by atoms with Crippen molar-refractivity contribution in [1.29, 1.82) is 0 Å². The number of benzene rings is 1. The van der Waals surface area contributed by atoms with E-state index in [2.05, 4.69) is 43.4 Å². The largest absolute Gasteiger partial charge is 0.504 e. The first kappa shape index (κ1) is 22.8. The van der Waals surface area contributed by atoms with Crippen LogP contribution in [0.4, 0.5) is 0 Å². The highest BCUT2D eigenvalue weighted by Crippen LogP contribution is 2.29. The third-order valence-electron chi connectivity index (χ3n) is 4.37. The number of aromatic hydroxyl groups is 2. The molecule has 0 amide bonds. The lowest BCUT2D eigenvalue weighted by molar-refractivity contribution is 0.0976. The van der Waals surface area contributed by atoms with Crippen molar-refractivity contribution < 1.29 is 15.0 Å². The van der Waals surface area contributed by atoms with Crippen molar-refractivity contribution in [1.82, 2.24) is 0 Å². The Morgan fingerprint density at radius 2 is 1.48 bits per heavy atom. The molecule has 0 aliphatic rings. The summed E-state index contributed by atoms with van der Waals surface area (Å²) in [7, 11) is 0. The van der Waals surface area contributed by atoms with Gasteiger partial charge in [0.2, 0.25) is 0 Å². The maximum atomic E-state index is 12.1. The molecule has 148 valence electrons. The number of phenols is 2. The third-order valence-corrected chi connectivity index (χ3v) is 4.37. The van der Waals surface area contributed by atoms with Crippen molar-refractivity contribution in [3.8, 4) is 11.5 Å². The summed E-state index contributed by atoms with van der Waals surface area (Å²) >= 11 is 0. The number of para-hydroxylation sites is 1. The van der Waals surface area contributed by atoms with Gasteiger partial charge in [-0.1, -0.05) is 68.7 Å². The first-order chi connectivity index (χ1) is 13.2. The molecule has 0 bridgehead atoms. The molecular weight excluding hydrogens is 336 g/mol. The molecule has 27 heavy (non-hydrogen) atoms. The number of unbranched alkanes of at least 4 members (excludes halogenated alkanes) is 5. The molecule has 2 N–H and O–H groups in total. The molecule has 0 spiro atoms. The molecular formula is C24H34O3. The van der Waals surface area contributed by atoms with E-state index >= 15 is 0 Å². The predicted molar refractivity (Wildman–Crippen MR) is 113 cm³/mol. The zero-order valence-electron chi connectivity index (χ0n) is 16.6. The molecule has 0 atom stereocenters. The SMILES string of the molecule is CC/C=C\C/C=C\C/C=C\CCCCCCCC(=O)c1cccc(O)c1O. The number of hydrogen-bond acceptors (Lipinski definition) is 3. The molecule has 0 fully saturated rings. The Morgan fingerprint density at radius 1 is 0.852 bits per heavy atom. The quantitative estimate of drug-likeness (QED) is 0.163. The second-order valence-corrected chi connectivity index (χ2v) is 6.70. The van der Waals surface area contributed by atoms with E-state index in [0.717, 1.165) is 44.9 Å². The minimum absolute atomic E-state index is 0.107. The van der Waals surface area contributed by atoms with Crippen LogP contribution in [0.15, 0.2) is 54.7 Å². The molecule has 0 aromatic heterocycles. The van der Waals surface area contributed by atoms with Crippen molar-refractivity contribution >= 4 is 5.78 Å². The average Bonchev–Trinajstić information content (AvgIpc) is 2.67. The molecule has 3 heteroatoms. The number of ketones is 1. The van der Waals surface area contributed by atoms with Gasteiger partial charge < -0.3 is 10.2 Å². The van der Waals surface area contributed by atoms with E-state index < -0.39 is 0 Å². The fourth-order valence-electron chi connectivity index (χ4n) is 2.80. The van der Waals surface area contributed by atoms with Crippen LogP contribution >= 0.6 is 0 Å². The Bertz CT molecular complexity index is 627. The summed E-state index contributed by atoms with van der Waals surface area (Å²) in [5, 5.41) is 19.1. The molecule has 0 aliphatic heterocycles. The van der Waals surface area contributed by atoms with E-state index in [-0.39, 0.29) is 22.8 Å². The number of phenolic OH excluding ortho intramolecular Hbond substituents is 2. The van der Waals surface area contributed by atoms with Crippen LogP contribution in [0.2, 0.25) is 0 Å². The van der Waals surface area contributed by atoms with Gasteiger partial charge in [-0.05, 0) is 50.7 Å². The number of Topliss-reactive ketones (excluding diaryl/α,β-unsaturated/α-hetero) is 1. The number of rotatable bonds is 14. The second kappa shape index (κ2) is 14.8. The topological polar surface area (TPSA) is 57.5 Å². The van der Waals surface area contributed by atoms with Crippen molar-refractivity contribution in [3.63, 3.8) is 0 Å². The van der Waals surface area contributed by atoms with Gasteiger partial charge in [0.1, 0.15) is 0 Å². The first-order valence-electron chi connectivity index (χ1n) is 10.2. The molecule has 0 saturated carbocycles. The van der Waals surface area contributed by atoms with Gasteiger partial charge >= 0.3 is 0 Å². The summed E-state index contributed by atoms with van der Waals surface area (Å²) in [6.45, 7) is 2.14. The van der Waals surface area contributed by atoms with E-state index in [1.807, 2.05) is 0 Å². The molecule has 0 radical (unpaired) electrons. The molecule has 1 aromatic carbocycles. The normalized spacial score (nSPS) is 11.9. The van der Waals surface area contributed by atoms with Crippen LogP contribution in [0.5, 0.6) is 11.5 Å². The summed E-state index contributed by atoms with van der Waals surface area (Å²) in [5.74, 6) is -0.649. The van der Waals surface area contributed by atoms with Gasteiger partial charge in [0.05, 0.1) is 5.56 Å². The summed E-state index contributed by atoms with van der Waals surface area (Å²) < 4.78 is 0. The van der Waals surface area contributed by atoms with Gasteiger partial charge in [-0.2, -0.15) is 0 Å². The van der Waals surface area contributed by atoms with Crippen molar-refractivity contribution in [3.05, 3.63) is 60.2 Å². The lowest BCUT2D eigenvalue weighted by Crippen LogP contribution is -1.99. The minimum atomic E-state index is -0.304. The Labute approximate surface area is 164 Å². The second-order valence-electron chi connectivity index (χ2n) is 6.70. The Balaban J connectivity index is 2.01. The van der Waals surface area contributed by atoms with Crippen LogP contribution in [-0.4, -0.2) is 16.0 Å². The number of carbonyl (C=O) groups excluding carboxylic acids is 1. The van der Waals surface area contributed by atoms with Crippen molar-refractivity contribution in [2.75, 3.05) is 0 Å². The number of carbonyl (C=O) groups is 1. The highest BCUT2D eigenvalue weighted by Gasteiger charge is 2.13. The Kier molecular flexibility index (Phi) is 12.5. The minimum Gasteiger partial charge on any atom is -0.504 e. The van der Waals surface area contributed by atoms with Crippen molar-refractivity contribution in [2.24, 2.45) is 0 Å². The van der Waals surface area contributed by atoms with Gasteiger partial charge in [-0.25, -0.2) is 0 Å². The van der Waals surface area contributed by atoms with E-state index in [1.165, 1.54) is 18.9 Å². The first-order valence-corrected chi connectivity index (χ1v) is 10.2.